The lowest BCUT2D eigenvalue weighted by molar-refractivity contribution is -0.124. The molecule has 1 unspecified atom stereocenters. The zero-order valence-electron chi connectivity index (χ0n) is 16.9. The second-order valence-electron chi connectivity index (χ2n) is 7.36. The van der Waals surface area contributed by atoms with Gasteiger partial charge in [0.1, 0.15) is 6.04 Å². The Bertz CT molecular complexity index is 862. The Kier molecular flexibility index (Phi) is 7.87. The number of likely N-dealkylation sites (tertiary alicyclic amines) is 1. The van der Waals surface area contributed by atoms with Crippen LogP contribution < -0.4 is 10.6 Å². The number of hydrogen-bond acceptors (Lipinski definition) is 4. The highest BCUT2D eigenvalue weighted by Crippen LogP contribution is 2.23. The molecule has 1 saturated heterocycles. The molecule has 2 aromatic rings. The van der Waals surface area contributed by atoms with E-state index in [1.54, 1.807) is 35.2 Å². The lowest BCUT2D eigenvalue weighted by atomic mass is 9.88. The first-order valence-corrected chi connectivity index (χ1v) is 11.4. The number of piperidine rings is 1. The molecule has 8 heteroatoms. The predicted octanol–water partition coefficient (Wildman–Crippen LogP) is 3.58. The third-order valence-electron chi connectivity index (χ3n) is 5.25. The first-order chi connectivity index (χ1) is 14.5. The summed E-state index contributed by atoms with van der Waals surface area (Å²) >= 11 is 7.25. The van der Waals surface area contributed by atoms with E-state index >= 15 is 0 Å². The van der Waals surface area contributed by atoms with Gasteiger partial charge in [-0.1, -0.05) is 24.6 Å². The fraction of sp³-hybridized carbons (Fsp3) is 0.409. The molecule has 2 N–H and O–H groups in total. The largest absolute Gasteiger partial charge is 0.354 e. The van der Waals surface area contributed by atoms with Gasteiger partial charge in [0.2, 0.25) is 5.91 Å². The molecule has 1 fully saturated rings. The van der Waals surface area contributed by atoms with E-state index in [1.807, 2.05) is 18.4 Å². The number of carbonyl (C=O) groups excluding carboxylic acids is 3. The highest BCUT2D eigenvalue weighted by atomic mass is 35.5. The fourth-order valence-electron chi connectivity index (χ4n) is 3.59. The minimum Gasteiger partial charge on any atom is -0.354 e. The summed E-state index contributed by atoms with van der Waals surface area (Å²) in [4.78, 5) is 40.4. The van der Waals surface area contributed by atoms with E-state index in [9.17, 15) is 14.4 Å². The average molecular weight is 448 g/mol. The van der Waals surface area contributed by atoms with Crippen molar-refractivity contribution < 1.29 is 14.4 Å². The van der Waals surface area contributed by atoms with E-state index in [4.69, 9.17) is 11.6 Å². The van der Waals surface area contributed by atoms with Gasteiger partial charge in [0.25, 0.3) is 11.8 Å². The minimum atomic E-state index is -0.612. The van der Waals surface area contributed by atoms with Crippen molar-refractivity contribution in [2.45, 2.75) is 32.2 Å². The molecule has 160 valence electrons. The zero-order chi connectivity index (χ0) is 21.5. The summed E-state index contributed by atoms with van der Waals surface area (Å²) < 4.78 is 0. The van der Waals surface area contributed by atoms with Crippen LogP contribution in [0.1, 0.15) is 46.2 Å². The fourth-order valence-corrected chi connectivity index (χ4v) is 4.34. The number of halogens is 1. The lowest BCUT2D eigenvalue weighted by Gasteiger charge is -2.35. The van der Waals surface area contributed by atoms with Crippen molar-refractivity contribution in [3.05, 3.63) is 57.2 Å². The molecule has 1 aromatic carbocycles. The van der Waals surface area contributed by atoms with Crippen LogP contribution in [0.2, 0.25) is 5.02 Å². The van der Waals surface area contributed by atoms with Gasteiger partial charge in [-0.15, -0.1) is 11.3 Å². The summed E-state index contributed by atoms with van der Waals surface area (Å²) in [6.07, 6.45) is 2.12. The quantitative estimate of drug-likeness (QED) is 0.680. The highest BCUT2D eigenvalue weighted by molar-refractivity contribution is 7.12. The van der Waals surface area contributed by atoms with Crippen molar-refractivity contribution in [1.82, 2.24) is 15.5 Å². The maximum absolute atomic E-state index is 12.8. The van der Waals surface area contributed by atoms with Gasteiger partial charge < -0.3 is 15.5 Å². The van der Waals surface area contributed by atoms with Crippen LogP contribution in [0.15, 0.2) is 41.8 Å². The molecule has 1 aromatic heterocycles. The second-order valence-corrected chi connectivity index (χ2v) is 8.74. The number of nitrogens with zero attached hydrogens (tertiary/aromatic N) is 1. The Hall–Kier alpha value is -2.38. The van der Waals surface area contributed by atoms with Crippen LogP contribution in [0.25, 0.3) is 0 Å². The van der Waals surface area contributed by atoms with Crippen LogP contribution in [0.5, 0.6) is 0 Å². The monoisotopic (exact) mass is 447 g/mol. The summed E-state index contributed by atoms with van der Waals surface area (Å²) in [5.74, 6) is -0.467. The molecular weight excluding hydrogens is 422 g/mol. The van der Waals surface area contributed by atoms with Gasteiger partial charge >= 0.3 is 0 Å². The number of amides is 3. The summed E-state index contributed by atoms with van der Waals surface area (Å²) in [5, 5.41) is 8.25. The molecule has 1 aliphatic rings. The molecule has 0 bridgehead atoms. The summed E-state index contributed by atoms with van der Waals surface area (Å²) in [7, 11) is 0. The van der Waals surface area contributed by atoms with Crippen molar-refractivity contribution in [2.75, 3.05) is 19.6 Å². The second kappa shape index (κ2) is 10.6. The molecule has 30 heavy (non-hydrogen) atoms. The van der Waals surface area contributed by atoms with Crippen molar-refractivity contribution in [3.8, 4) is 0 Å². The van der Waals surface area contributed by atoms with Crippen LogP contribution in [-0.2, 0) is 4.79 Å². The molecule has 3 rings (SSSR count). The predicted molar refractivity (Wildman–Crippen MR) is 119 cm³/mol. The Labute approximate surface area is 185 Å². The van der Waals surface area contributed by atoms with Gasteiger partial charge in [0.15, 0.2) is 0 Å². The third kappa shape index (κ3) is 5.61. The summed E-state index contributed by atoms with van der Waals surface area (Å²) in [5.41, 5.74) is 0.598. The van der Waals surface area contributed by atoms with Gasteiger partial charge in [-0.25, -0.2) is 0 Å². The van der Waals surface area contributed by atoms with Crippen molar-refractivity contribution in [2.24, 2.45) is 5.92 Å². The van der Waals surface area contributed by atoms with Crippen LogP contribution in [0, 0.1) is 5.92 Å². The van der Waals surface area contributed by atoms with Gasteiger partial charge in [0, 0.05) is 30.2 Å². The van der Waals surface area contributed by atoms with Gasteiger partial charge in [-0.05, 0) is 60.9 Å². The SMILES string of the molecule is CCCNC(=O)C(NC(=O)c1cccs1)C1CCN(C(=O)c2ccc(Cl)cc2)CC1. The average Bonchev–Trinajstić information content (AvgIpc) is 3.31. The van der Waals surface area contributed by atoms with Crippen LogP contribution in [0.4, 0.5) is 0 Å². The maximum atomic E-state index is 12.8. The van der Waals surface area contributed by atoms with Crippen molar-refractivity contribution in [1.29, 1.82) is 0 Å². The Morgan fingerprint density at radius 2 is 1.87 bits per heavy atom. The van der Waals surface area contributed by atoms with E-state index in [-0.39, 0.29) is 23.6 Å². The molecule has 2 heterocycles. The van der Waals surface area contributed by atoms with Gasteiger partial charge in [-0.2, -0.15) is 0 Å². The highest BCUT2D eigenvalue weighted by Gasteiger charge is 2.34. The van der Waals surface area contributed by atoms with E-state index in [2.05, 4.69) is 10.6 Å². The van der Waals surface area contributed by atoms with Crippen LogP contribution >= 0.6 is 22.9 Å². The molecule has 3 amide bonds. The number of thiophene rings is 1. The van der Waals surface area contributed by atoms with Crippen LogP contribution in [-0.4, -0.2) is 48.3 Å². The first-order valence-electron chi connectivity index (χ1n) is 10.2. The summed E-state index contributed by atoms with van der Waals surface area (Å²) in [6, 6.07) is 9.80. The Morgan fingerprint density at radius 1 is 1.17 bits per heavy atom. The number of carbonyl (C=O) groups is 3. The van der Waals surface area contributed by atoms with Crippen molar-refractivity contribution in [3.63, 3.8) is 0 Å². The Balaban J connectivity index is 1.64. The molecule has 0 aliphatic carbocycles. The number of nitrogens with one attached hydrogen (secondary N) is 2. The normalized spacial score (nSPS) is 15.5. The van der Waals surface area contributed by atoms with Gasteiger partial charge in [-0.3, -0.25) is 14.4 Å². The first kappa shape index (κ1) is 22.3. The number of benzene rings is 1. The topological polar surface area (TPSA) is 78.5 Å². The minimum absolute atomic E-state index is 0.0277. The molecule has 0 saturated carbocycles. The van der Waals surface area contributed by atoms with E-state index in [1.165, 1.54) is 11.3 Å². The van der Waals surface area contributed by atoms with Crippen molar-refractivity contribution >= 4 is 40.7 Å². The lowest BCUT2D eigenvalue weighted by Crippen LogP contribution is -2.53. The summed E-state index contributed by atoms with van der Waals surface area (Å²) in [6.45, 7) is 3.63. The van der Waals surface area contributed by atoms with E-state index in [0.29, 0.717) is 47.9 Å². The third-order valence-corrected chi connectivity index (χ3v) is 6.37. The Morgan fingerprint density at radius 3 is 2.47 bits per heavy atom. The van der Waals surface area contributed by atoms with E-state index < -0.39 is 6.04 Å². The van der Waals surface area contributed by atoms with E-state index in [0.717, 1.165) is 6.42 Å². The molecule has 0 radical (unpaired) electrons. The number of hydrogen-bond donors (Lipinski definition) is 2. The zero-order valence-corrected chi connectivity index (χ0v) is 18.5. The van der Waals surface area contributed by atoms with Gasteiger partial charge in [0.05, 0.1) is 4.88 Å². The molecule has 6 nitrogen and oxygen atoms in total. The molecular formula is C22H26ClN3O3S. The maximum Gasteiger partial charge on any atom is 0.262 e. The number of rotatable bonds is 7. The van der Waals surface area contributed by atoms with Crippen LogP contribution in [0.3, 0.4) is 0 Å². The standard InChI is InChI=1S/C22H26ClN3O3S/c1-2-11-24-21(28)19(25-20(27)18-4-3-14-30-18)15-9-12-26(13-10-15)22(29)16-5-7-17(23)8-6-16/h3-8,14-15,19H,2,9-13H2,1H3,(H,24,28)(H,25,27). The molecule has 0 spiro atoms. The molecule has 1 atom stereocenters. The smallest absolute Gasteiger partial charge is 0.262 e. The molecule has 1 aliphatic heterocycles.